The summed E-state index contributed by atoms with van der Waals surface area (Å²) in [6.07, 6.45) is 0. The van der Waals surface area contributed by atoms with Gasteiger partial charge in [0.2, 0.25) is 0 Å². The number of hydrogen-bond donors (Lipinski definition) is 1. The average Bonchev–Trinajstić information content (AvgIpc) is 2.48. The molecule has 110 valence electrons. The van der Waals surface area contributed by atoms with Crippen molar-refractivity contribution >= 4 is 11.7 Å². The number of rotatable bonds is 4. The number of anilines is 1. The summed E-state index contributed by atoms with van der Waals surface area (Å²) in [4.78, 5) is 11.6. The molecule has 0 fully saturated rings. The maximum absolute atomic E-state index is 13.7. The Labute approximate surface area is 121 Å². The molecule has 0 unspecified atom stereocenters. The van der Waals surface area contributed by atoms with Gasteiger partial charge in [-0.1, -0.05) is 17.7 Å². The van der Waals surface area contributed by atoms with Crippen molar-refractivity contribution in [1.82, 2.24) is 0 Å². The molecule has 0 aromatic heterocycles. The van der Waals surface area contributed by atoms with E-state index in [9.17, 15) is 13.6 Å². The van der Waals surface area contributed by atoms with Crippen LogP contribution in [0.5, 0.6) is 0 Å². The number of aryl methyl sites for hydroxylation is 1. The van der Waals surface area contributed by atoms with Crippen LogP contribution in [0.1, 0.15) is 21.5 Å². The minimum absolute atomic E-state index is 0.0746. The first kappa shape index (κ1) is 15.0. The molecule has 0 saturated carbocycles. The van der Waals surface area contributed by atoms with E-state index >= 15 is 0 Å². The quantitative estimate of drug-likeness (QED) is 0.873. The standard InChI is InChI=1S/C16H15F2NO2/c1-10-3-5-14(18)11(7-10)9-19-15-6-4-12(17)8-13(15)16(20)21-2/h3-8,19H,9H2,1-2H3. The summed E-state index contributed by atoms with van der Waals surface area (Å²) < 4.78 is 31.5. The van der Waals surface area contributed by atoms with E-state index in [1.165, 1.54) is 25.3 Å². The number of ether oxygens (including phenoxy) is 1. The van der Waals surface area contributed by atoms with E-state index in [4.69, 9.17) is 0 Å². The van der Waals surface area contributed by atoms with Gasteiger partial charge in [0, 0.05) is 17.8 Å². The first-order valence-electron chi connectivity index (χ1n) is 6.38. The molecule has 0 radical (unpaired) electrons. The highest BCUT2D eigenvalue weighted by molar-refractivity contribution is 5.95. The third-order valence-corrected chi connectivity index (χ3v) is 3.06. The number of esters is 1. The lowest BCUT2D eigenvalue weighted by Crippen LogP contribution is -2.09. The van der Waals surface area contributed by atoms with Gasteiger partial charge in [0.1, 0.15) is 11.6 Å². The molecular formula is C16H15F2NO2. The Morgan fingerprint density at radius 3 is 2.67 bits per heavy atom. The summed E-state index contributed by atoms with van der Waals surface area (Å²) in [5.41, 5.74) is 1.87. The summed E-state index contributed by atoms with van der Waals surface area (Å²) in [7, 11) is 1.22. The second kappa shape index (κ2) is 6.35. The van der Waals surface area contributed by atoms with Gasteiger partial charge >= 0.3 is 5.97 Å². The van der Waals surface area contributed by atoms with Crippen LogP contribution < -0.4 is 5.32 Å². The van der Waals surface area contributed by atoms with Crippen LogP contribution in [-0.2, 0) is 11.3 Å². The Hall–Kier alpha value is -2.43. The second-order valence-corrected chi connectivity index (χ2v) is 4.63. The highest BCUT2D eigenvalue weighted by Crippen LogP contribution is 2.20. The van der Waals surface area contributed by atoms with Crippen molar-refractivity contribution in [2.45, 2.75) is 13.5 Å². The minimum atomic E-state index is -0.651. The van der Waals surface area contributed by atoms with Gasteiger partial charge in [0.15, 0.2) is 0 Å². The maximum Gasteiger partial charge on any atom is 0.340 e. The van der Waals surface area contributed by atoms with Crippen LogP contribution in [0.25, 0.3) is 0 Å². The monoisotopic (exact) mass is 291 g/mol. The predicted molar refractivity (Wildman–Crippen MR) is 76.2 cm³/mol. The van der Waals surface area contributed by atoms with Crippen LogP contribution in [-0.4, -0.2) is 13.1 Å². The van der Waals surface area contributed by atoms with Gasteiger partial charge in [0.25, 0.3) is 0 Å². The zero-order valence-electron chi connectivity index (χ0n) is 11.7. The highest BCUT2D eigenvalue weighted by Gasteiger charge is 2.13. The number of carbonyl (C=O) groups is 1. The van der Waals surface area contributed by atoms with E-state index in [0.29, 0.717) is 11.3 Å². The molecule has 0 amide bonds. The fourth-order valence-electron chi connectivity index (χ4n) is 1.98. The van der Waals surface area contributed by atoms with Crippen molar-refractivity contribution in [3.05, 3.63) is 64.7 Å². The molecule has 2 aromatic rings. The molecule has 2 rings (SSSR count). The average molecular weight is 291 g/mol. The van der Waals surface area contributed by atoms with E-state index in [2.05, 4.69) is 10.1 Å². The van der Waals surface area contributed by atoms with Gasteiger partial charge in [-0.3, -0.25) is 0 Å². The third kappa shape index (κ3) is 3.56. The van der Waals surface area contributed by atoms with Crippen molar-refractivity contribution in [2.75, 3.05) is 12.4 Å². The molecule has 0 atom stereocenters. The van der Waals surface area contributed by atoms with Gasteiger partial charge in [-0.15, -0.1) is 0 Å². The van der Waals surface area contributed by atoms with Crippen molar-refractivity contribution < 1.29 is 18.3 Å². The van der Waals surface area contributed by atoms with Crippen LogP contribution in [0.2, 0.25) is 0 Å². The maximum atomic E-state index is 13.7. The molecule has 0 saturated heterocycles. The fraction of sp³-hybridized carbons (Fsp3) is 0.188. The Balaban J connectivity index is 2.24. The second-order valence-electron chi connectivity index (χ2n) is 4.63. The summed E-state index contributed by atoms with van der Waals surface area (Å²) in [5, 5.41) is 2.93. The van der Waals surface area contributed by atoms with Gasteiger partial charge < -0.3 is 10.1 Å². The summed E-state index contributed by atoms with van der Waals surface area (Å²) in [5.74, 6) is -1.53. The van der Waals surface area contributed by atoms with Crippen LogP contribution in [0.3, 0.4) is 0 Å². The minimum Gasteiger partial charge on any atom is -0.465 e. The molecule has 0 bridgehead atoms. The largest absolute Gasteiger partial charge is 0.465 e. The van der Waals surface area contributed by atoms with Crippen molar-refractivity contribution in [1.29, 1.82) is 0 Å². The van der Waals surface area contributed by atoms with Crippen LogP contribution >= 0.6 is 0 Å². The first-order valence-corrected chi connectivity index (χ1v) is 6.38. The summed E-state index contributed by atoms with van der Waals surface area (Å²) in [6.45, 7) is 2.05. The molecule has 1 N–H and O–H groups in total. The lowest BCUT2D eigenvalue weighted by atomic mass is 10.1. The highest BCUT2D eigenvalue weighted by atomic mass is 19.1. The molecule has 3 nitrogen and oxygen atoms in total. The molecule has 0 spiro atoms. The van der Waals surface area contributed by atoms with E-state index in [0.717, 1.165) is 11.6 Å². The van der Waals surface area contributed by atoms with Gasteiger partial charge in [-0.05, 0) is 31.2 Å². The molecule has 0 heterocycles. The number of benzene rings is 2. The Morgan fingerprint density at radius 1 is 1.19 bits per heavy atom. The first-order chi connectivity index (χ1) is 10.0. The Morgan fingerprint density at radius 2 is 1.95 bits per heavy atom. The molecule has 2 aromatic carbocycles. The number of hydrogen-bond acceptors (Lipinski definition) is 3. The summed E-state index contributed by atoms with van der Waals surface area (Å²) in [6, 6.07) is 8.51. The van der Waals surface area contributed by atoms with Crippen molar-refractivity contribution in [3.8, 4) is 0 Å². The molecule has 5 heteroatoms. The molecular weight excluding hydrogens is 276 g/mol. The molecule has 21 heavy (non-hydrogen) atoms. The van der Waals surface area contributed by atoms with E-state index in [1.807, 2.05) is 6.92 Å². The molecule has 0 aliphatic heterocycles. The van der Waals surface area contributed by atoms with Crippen molar-refractivity contribution in [3.63, 3.8) is 0 Å². The summed E-state index contributed by atoms with van der Waals surface area (Å²) >= 11 is 0. The molecule has 0 aliphatic rings. The van der Waals surface area contributed by atoms with E-state index < -0.39 is 11.8 Å². The van der Waals surface area contributed by atoms with Crippen LogP contribution in [0, 0.1) is 18.6 Å². The van der Waals surface area contributed by atoms with Gasteiger partial charge in [0.05, 0.1) is 12.7 Å². The Bertz CT molecular complexity index is 671. The third-order valence-electron chi connectivity index (χ3n) is 3.06. The van der Waals surface area contributed by atoms with Gasteiger partial charge in [-0.25, -0.2) is 13.6 Å². The van der Waals surface area contributed by atoms with Gasteiger partial charge in [-0.2, -0.15) is 0 Å². The smallest absolute Gasteiger partial charge is 0.340 e. The lowest BCUT2D eigenvalue weighted by Gasteiger charge is -2.12. The van der Waals surface area contributed by atoms with Crippen LogP contribution in [0.15, 0.2) is 36.4 Å². The number of methoxy groups -OCH3 is 1. The molecule has 0 aliphatic carbocycles. The zero-order chi connectivity index (χ0) is 15.4. The fourth-order valence-corrected chi connectivity index (χ4v) is 1.98. The number of halogens is 2. The topological polar surface area (TPSA) is 38.3 Å². The zero-order valence-corrected chi connectivity index (χ0v) is 11.7. The van der Waals surface area contributed by atoms with Crippen molar-refractivity contribution in [2.24, 2.45) is 0 Å². The normalized spacial score (nSPS) is 10.3. The predicted octanol–water partition coefficient (Wildman–Crippen LogP) is 3.67. The van der Waals surface area contributed by atoms with Crippen LogP contribution in [0.4, 0.5) is 14.5 Å². The SMILES string of the molecule is COC(=O)c1cc(F)ccc1NCc1cc(C)ccc1F. The number of carbonyl (C=O) groups excluding carboxylic acids is 1. The Kier molecular flexibility index (Phi) is 4.52. The van der Waals surface area contributed by atoms with E-state index in [-0.39, 0.29) is 17.9 Å². The lowest BCUT2D eigenvalue weighted by molar-refractivity contribution is 0.0601. The number of nitrogens with one attached hydrogen (secondary N) is 1. The van der Waals surface area contributed by atoms with E-state index in [1.54, 1.807) is 12.1 Å².